The SMILES string of the molecule is CCOC(=O)c1cnc(-c2c(OC)ncnc2C2CC2)nc1NCc1ccc(-c2nc(C(F)(F)F)cn2C)cc1. The molecule has 3 aromatic heterocycles. The molecule has 0 aliphatic heterocycles. The number of ether oxygens (including phenoxy) is 2. The van der Waals surface area contributed by atoms with Gasteiger partial charge in [0, 0.05) is 37.5 Å². The number of nitrogens with zero attached hydrogens (tertiary/aromatic N) is 6. The van der Waals surface area contributed by atoms with Gasteiger partial charge in [-0.25, -0.2) is 29.7 Å². The normalized spacial score (nSPS) is 13.2. The number of carbonyl (C=O) groups is 1. The summed E-state index contributed by atoms with van der Waals surface area (Å²) in [6, 6.07) is 6.89. The number of aromatic nitrogens is 6. The lowest BCUT2D eigenvalue weighted by Gasteiger charge is -2.14. The molecule has 5 rings (SSSR count). The van der Waals surface area contributed by atoms with Crippen molar-refractivity contribution in [3.63, 3.8) is 0 Å². The van der Waals surface area contributed by atoms with Gasteiger partial charge in [0.1, 0.15) is 29.1 Å². The summed E-state index contributed by atoms with van der Waals surface area (Å²) in [4.78, 5) is 34.1. The van der Waals surface area contributed by atoms with E-state index in [0.717, 1.165) is 30.3 Å². The lowest BCUT2D eigenvalue weighted by atomic mass is 10.1. The molecule has 0 spiro atoms. The van der Waals surface area contributed by atoms with Crippen LogP contribution in [0.3, 0.4) is 0 Å². The fraction of sp³-hybridized carbons (Fsp3) is 0.333. The highest BCUT2D eigenvalue weighted by Crippen LogP contribution is 2.45. The Morgan fingerprint density at radius 1 is 1.12 bits per heavy atom. The Labute approximate surface area is 227 Å². The second kappa shape index (κ2) is 10.9. The molecule has 208 valence electrons. The number of halogens is 3. The summed E-state index contributed by atoms with van der Waals surface area (Å²) in [5.41, 5.74) is 1.89. The van der Waals surface area contributed by atoms with Crippen molar-refractivity contribution < 1.29 is 27.4 Å². The number of nitrogens with one attached hydrogen (secondary N) is 1. The van der Waals surface area contributed by atoms with Crippen molar-refractivity contribution in [3.8, 4) is 28.7 Å². The Balaban J connectivity index is 1.43. The summed E-state index contributed by atoms with van der Waals surface area (Å²) in [6.07, 6.45) is 1.25. The molecular formula is C27H26F3N7O3. The summed E-state index contributed by atoms with van der Waals surface area (Å²) >= 11 is 0. The average Bonchev–Trinajstić information content (AvgIpc) is 3.71. The highest BCUT2D eigenvalue weighted by atomic mass is 19.4. The van der Waals surface area contributed by atoms with E-state index in [2.05, 4.69) is 30.2 Å². The summed E-state index contributed by atoms with van der Waals surface area (Å²) < 4.78 is 51.2. The molecule has 0 radical (unpaired) electrons. The Kier molecular flexibility index (Phi) is 7.37. The monoisotopic (exact) mass is 553 g/mol. The molecule has 0 bridgehead atoms. The first-order valence-corrected chi connectivity index (χ1v) is 12.6. The molecule has 1 N–H and O–H groups in total. The smallest absolute Gasteiger partial charge is 0.434 e. The number of anilines is 1. The van der Waals surface area contributed by atoms with Crippen LogP contribution in [0.1, 0.15) is 53.0 Å². The van der Waals surface area contributed by atoms with Gasteiger partial charge in [0.15, 0.2) is 11.5 Å². The van der Waals surface area contributed by atoms with E-state index in [4.69, 9.17) is 9.47 Å². The molecule has 1 aliphatic rings. The Bertz CT molecular complexity index is 1530. The first kappa shape index (κ1) is 27.0. The van der Waals surface area contributed by atoms with Crippen LogP contribution >= 0.6 is 0 Å². The Morgan fingerprint density at radius 2 is 1.88 bits per heavy atom. The predicted octanol–water partition coefficient (Wildman–Crippen LogP) is 5.03. The number of alkyl halides is 3. The maximum absolute atomic E-state index is 13.1. The van der Waals surface area contributed by atoms with Crippen molar-refractivity contribution in [1.29, 1.82) is 0 Å². The lowest BCUT2D eigenvalue weighted by Crippen LogP contribution is -2.13. The van der Waals surface area contributed by atoms with E-state index in [-0.39, 0.29) is 36.3 Å². The Morgan fingerprint density at radius 3 is 2.50 bits per heavy atom. The topological polar surface area (TPSA) is 117 Å². The van der Waals surface area contributed by atoms with E-state index in [0.29, 0.717) is 22.8 Å². The zero-order chi connectivity index (χ0) is 28.4. The summed E-state index contributed by atoms with van der Waals surface area (Å²) in [7, 11) is 3.02. The fourth-order valence-electron chi connectivity index (χ4n) is 4.24. The molecular weight excluding hydrogens is 527 g/mol. The van der Waals surface area contributed by atoms with E-state index >= 15 is 0 Å². The van der Waals surface area contributed by atoms with Crippen molar-refractivity contribution in [3.05, 3.63) is 65.5 Å². The van der Waals surface area contributed by atoms with E-state index in [1.54, 1.807) is 31.2 Å². The van der Waals surface area contributed by atoms with Gasteiger partial charge in [-0.1, -0.05) is 24.3 Å². The summed E-state index contributed by atoms with van der Waals surface area (Å²) in [6.45, 7) is 2.14. The van der Waals surface area contributed by atoms with E-state index in [1.807, 2.05) is 0 Å². The zero-order valence-electron chi connectivity index (χ0n) is 22.0. The van der Waals surface area contributed by atoms with Gasteiger partial charge in [-0.2, -0.15) is 13.2 Å². The maximum Gasteiger partial charge on any atom is 0.434 e. The van der Waals surface area contributed by atoms with Crippen LogP contribution in [0.2, 0.25) is 0 Å². The van der Waals surface area contributed by atoms with Crippen LogP contribution in [0.5, 0.6) is 5.88 Å². The molecule has 1 saturated carbocycles. The summed E-state index contributed by atoms with van der Waals surface area (Å²) in [5.74, 6) is 0.772. The van der Waals surface area contributed by atoms with Crippen LogP contribution in [0.25, 0.3) is 22.8 Å². The van der Waals surface area contributed by atoms with Gasteiger partial charge in [0.05, 0.1) is 19.4 Å². The van der Waals surface area contributed by atoms with Gasteiger partial charge in [0.2, 0.25) is 5.88 Å². The molecule has 0 saturated heterocycles. The quantitative estimate of drug-likeness (QED) is 0.285. The van der Waals surface area contributed by atoms with E-state index < -0.39 is 17.8 Å². The van der Waals surface area contributed by atoms with Crippen LogP contribution in [-0.4, -0.2) is 49.2 Å². The third kappa shape index (κ3) is 5.58. The summed E-state index contributed by atoms with van der Waals surface area (Å²) in [5, 5.41) is 3.17. The standard InChI is InChI=1S/C27H26F3N7O3/c1-4-40-26(38)18-12-32-23(20-21(16-9-10-16)33-14-34-25(20)39-3)36-22(18)31-11-15-5-7-17(8-6-15)24-35-19(13-37(24)2)27(28,29)30/h5-8,12-14,16H,4,9-11H2,1-3H3,(H,31,32,36). The van der Waals surface area contributed by atoms with Crippen LogP contribution in [-0.2, 0) is 24.5 Å². The number of benzene rings is 1. The molecule has 3 heterocycles. The van der Waals surface area contributed by atoms with Gasteiger partial charge in [-0.3, -0.25) is 0 Å². The third-order valence-electron chi connectivity index (χ3n) is 6.35. The van der Waals surface area contributed by atoms with Crippen LogP contribution in [0, 0.1) is 0 Å². The number of esters is 1. The molecule has 10 nitrogen and oxygen atoms in total. The number of hydrogen-bond acceptors (Lipinski definition) is 9. The second-order valence-corrected chi connectivity index (χ2v) is 9.20. The second-order valence-electron chi connectivity index (χ2n) is 9.20. The van der Waals surface area contributed by atoms with Crippen molar-refractivity contribution in [2.45, 2.75) is 38.4 Å². The first-order chi connectivity index (χ1) is 19.2. The minimum Gasteiger partial charge on any atom is -0.480 e. The molecule has 0 amide bonds. The largest absolute Gasteiger partial charge is 0.480 e. The first-order valence-electron chi connectivity index (χ1n) is 12.6. The molecule has 13 heteroatoms. The fourth-order valence-corrected chi connectivity index (χ4v) is 4.24. The average molecular weight is 554 g/mol. The highest BCUT2D eigenvalue weighted by Gasteiger charge is 2.35. The van der Waals surface area contributed by atoms with Gasteiger partial charge in [-0.15, -0.1) is 0 Å². The van der Waals surface area contributed by atoms with Crippen molar-refractivity contribution in [2.24, 2.45) is 7.05 Å². The van der Waals surface area contributed by atoms with Crippen LogP contribution in [0.15, 0.2) is 43.0 Å². The van der Waals surface area contributed by atoms with Gasteiger partial charge >= 0.3 is 12.1 Å². The number of rotatable bonds is 9. The predicted molar refractivity (Wildman–Crippen MR) is 139 cm³/mol. The lowest BCUT2D eigenvalue weighted by molar-refractivity contribution is -0.140. The molecule has 4 aromatic rings. The maximum atomic E-state index is 13.1. The molecule has 40 heavy (non-hydrogen) atoms. The number of carbonyl (C=O) groups excluding carboxylic acids is 1. The Hall–Kier alpha value is -4.55. The molecule has 0 unspecified atom stereocenters. The van der Waals surface area contributed by atoms with Gasteiger partial charge in [0.25, 0.3) is 0 Å². The zero-order valence-corrected chi connectivity index (χ0v) is 22.0. The van der Waals surface area contributed by atoms with Crippen LogP contribution < -0.4 is 10.1 Å². The minimum atomic E-state index is -4.53. The number of methoxy groups -OCH3 is 1. The van der Waals surface area contributed by atoms with E-state index in [9.17, 15) is 18.0 Å². The number of imidazole rings is 1. The molecule has 1 aliphatic carbocycles. The molecule has 1 aromatic carbocycles. The molecule has 0 atom stereocenters. The van der Waals surface area contributed by atoms with Gasteiger partial charge in [-0.05, 0) is 25.3 Å². The number of aryl methyl sites for hydroxylation is 1. The van der Waals surface area contributed by atoms with Crippen molar-refractivity contribution in [2.75, 3.05) is 19.0 Å². The van der Waals surface area contributed by atoms with Gasteiger partial charge < -0.3 is 19.4 Å². The van der Waals surface area contributed by atoms with Crippen LogP contribution in [0.4, 0.5) is 19.0 Å². The third-order valence-corrected chi connectivity index (χ3v) is 6.35. The molecule has 1 fully saturated rings. The number of hydrogen-bond donors (Lipinski definition) is 1. The van der Waals surface area contributed by atoms with Crippen molar-refractivity contribution in [1.82, 2.24) is 29.5 Å². The van der Waals surface area contributed by atoms with Crippen molar-refractivity contribution >= 4 is 11.8 Å². The minimum absolute atomic E-state index is 0.152. The highest BCUT2D eigenvalue weighted by molar-refractivity contribution is 5.94. The van der Waals surface area contributed by atoms with E-state index in [1.165, 1.54) is 31.2 Å².